The number of fused-ring (bicyclic) bond motifs is 1. The summed E-state index contributed by atoms with van der Waals surface area (Å²) in [5.74, 6) is 0. The van der Waals surface area contributed by atoms with Crippen molar-refractivity contribution in [3.8, 4) is 0 Å². The fourth-order valence-corrected chi connectivity index (χ4v) is 4.52. The van der Waals surface area contributed by atoms with Crippen molar-refractivity contribution in [3.63, 3.8) is 0 Å². The van der Waals surface area contributed by atoms with Crippen LogP contribution in [-0.2, 0) is 41.6 Å². The highest BCUT2D eigenvalue weighted by Crippen LogP contribution is 2.37. The summed E-state index contributed by atoms with van der Waals surface area (Å²) in [6, 6.07) is 30.0. The SMILES string of the molecule is C=CCO[C@H]1O[C@@H]2CO[C@H](c3ccccc3)O[C@H]2[C@H](OCc2ccccc2)[C@H]1OCc1ccccc1. The third-order valence-electron chi connectivity index (χ3n) is 6.30. The Bertz CT molecular complexity index is 1060. The fraction of sp³-hybridized carbons (Fsp3) is 0.333. The number of benzene rings is 3. The van der Waals surface area contributed by atoms with E-state index in [1.165, 1.54) is 0 Å². The average Bonchev–Trinajstić information content (AvgIpc) is 2.95. The molecule has 0 bridgehead atoms. The Morgan fingerprint density at radius 1 is 0.722 bits per heavy atom. The van der Waals surface area contributed by atoms with Crippen molar-refractivity contribution in [2.45, 2.75) is 50.2 Å². The zero-order chi connectivity index (χ0) is 24.6. The highest BCUT2D eigenvalue weighted by atomic mass is 16.8. The van der Waals surface area contributed by atoms with Gasteiger partial charge in [-0.25, -0.2) is 0 Å². The van der Waals surface area contributed by atoms with Gasteiger partial charge in [0.25, 0.3) is 0 Å². The van der Waals surface area contributed by atoms with Gasteiger partial charge in [-0.05, 0) is 11.1 Å². The minimum atomic E-state index is -0.658. The third kappa shape index (κ3) is 6.10. The molecule has 0 spiro atoms. The van der Waals surface area contributed by atoms with E-state index in [-0.39, 0.29) is 6.10 Å². The van der Waals surface area contributed by atoms with Gasteiger partial charge >= 0.3 is 0 Å². The normalized spacial score (nSPS) is 27.8. The van der Waals surface area contributed by atoms with E-state index in [1.54, 1.807) is 6.08 Å². The number of hydrogen-bond donors (Lipinski definition) is 0. The minimum absolute atomic E-state index is 0.326. The molecule has 0 unspecified atom stereocenters. The number of hydrogen-bond acceptors (Lipinski definition) is 6. The lowest BCUT2D eigenvalue weighted by Gasteiger charge is -2.48. The highest BCUT2D eigenvalue weighted by Gasteiger charge is 2.51. The molecule has 0 N–H and O–H groups in total. The van der Waals surface area contributed by atoms with Crippen LogP contribution in [0, 0.1) is 0 Å². The van der Waals surface area contributed by atoms with Crippen LogP contribution in [0.1, 0.15) is 23.0 Å². The Kier molecular flexibility index (Phi) is 8.56. The first-order valence-corrected chi connectivity index (χ1v) is 12.3. The number of ether oxygens (including phenoxy) is 6. The lowest BCUT2D eigenvalue weighted by molar-refractivity contribution is -0.371. The number of rotatable bonds is 10. The molecule has 6 nitrogen and oxygen atoms in total. The van der Waals surface area contributed by atoms with Gasteiger partial charge in [0.1, 0.15) is 24.4 Å². The van der Waals surface area contributed by atoms with Gasteiger partial charge in [0.2, 0.25) is 0 Å². The molecule has 6 atom stereocenters. The molecule has 188 valence electrons. The van der Waals surface area contributed by atoms with Crippen LogP contribution in [0.4, 0.5) is 0 Å². The van der Waals surface area contributed by atoms with Crippen LogP contribution in [0.2, 0.25) is 0 Å². The molecule has 3 aromatic rings. The van der Waals surface area contributed by atoms with Gasteiger partial charge in [0.15, 0.2) is 12.6 Å². The van der Waals surface area contributed by atoms with Gasteiger partial charge in [0, 0.05) is 5.56 Å². The fourth-order valence-electron chi connectivity index (χ4n) is 4.52. The molecule has 2 aliphatic rings. The first-order valence-electron chi connectivity index (χ1n) is 12.3. The van der Waals surface area contributed by atoms with Gasteiger partial charge in [-0.2, -0.15) is 0 Å². The zero-order valence-electron chi connectivity index (χ0n) is 20.2. The van der Waals surface area contributed by atoms with Crippen LogP contribution >= 0.6 is 0 Å². The van der Waals surface area contributed by atoms with E-state index >= 15 is 0 Å². The van der Waals surface area contributed by atoms with Crippen molar-refractivity contribution in [1.82, 2.24) is 0 Å². The molecule has 0 saturated carbocycles. The van der Waals surface area contributed by atoms with Gasteiger partial charge in [-0.3, -0.25) is 0 Å². The van der Waals surface area contributed by atoms with E-state index < -0.39 is 30.9 Å². The summed E-state index contributed by atoms with van der Waals surface area (Å²) in [6.07, 6.45) is -1.21. The van der Waals surface area contributed by atoms with E-state index in [0.29, 0.717) is 26.4 Å². The summed E-state index contributed by atoms with van der Waals surface area (Å²) in [5, 5.41) is 0. The van der Waals surface area contributed by atoms with Crippen molar-refractivity contribution in [3.05, 3.63) is 120 Å². The molecule has 2 fully saturated rings. The Labute approximate surface area is 212 Å². The maximum absolute atomic E-state index is 6.54. The van der Waals surface area contributed by atoms with Crippen molar-refractivity contribution in [2.24, 2.45) is 0 Å². The summed E-state index contributed by atoms with van der Waals surface area (Å²) < 4.78 is 37.9. The van der Waals surface area contributed by atoms with Gasteiger partial charge in [-0.1, -0.05) is 97.1 Å². The standard InChI is InChI=1S/C30H32O6/c1-2-18-31-30-28(33-20-23-14-8-4-9-15-23)27(32-19-22-12-6-3-7-13-22)26-25(35-30)21-34-29(36-26)24-16-10-5-11-17-24/h2-17,25-30H,1,18-21H2/t25-,26-,27+,28-,29+,30+/m1/s1. The highest BCUT2D eigenvalue weighted by molar-refractivity contribution is 5.17. The van der Waals surface area contributed by atoms with E-state index in [9.17, 15) is 0 Å². The molecule has 36 heavy (non-hydrogen) atoms. The average molecular weight is 489 g/mol. The monoisotopic (exact) mass is 488 g/mol. The lowest BCUT2D eigenvalue weighted by atomic mass is 9.97. The van der Waals surface area contributed by atoms with E-state index in [4.69, 9.17) is 28.4 Å². The van der Waals surface area contributed by atoms with Crippen molar-refractivity contribution in [1.29, 1.82) is 0 Å². The molecule has 2 aliphatic heterocycles. The second-order valence-electron chi connectivity index (χ2n) is 8.86. The molecule has 2 heterocycles. The first kappa shape index (κ1) is 24.8. The Balaban J connectivity index is 1.40. The van der Waals surface area contributed by atoms with Crippen LogP contribution < -0.4 is 0 Å². The van der Waals surface area contributed by atoms with Crippen LogP contribution in [0.3, 0.4) is 0 Å². The maximum atomic E-state index is 6.54. The topological polar surface area (TPSA) is 55.4 Å². The Hall–Kier alpha value is -2.84. The summed E-state index contributed by atoms with van der Waals surface area (Å²) in [4.78, 5) is 0. The molecule has 0 amide bonds. The van der Waals surface area contributed by atoms with E-state index in [2.05, 4.69) is 6.58 Å². The second-order valence-corrected chi connectivity index (χ2v) is 8.86. The van der Waals surface area contributed by atoms with Gasteiger partial charge < -0.3 is 28.4 Å². The first-order chi connectivity index (χ1) is 17.8. The maximum Gasteiger partial charge on any atom is 0.187 e. The zero-order valence-corrected chi connectivity index (χ0v) is 20.2. The van der Waals surface area contributed by atoms with Crippen molar-refractivity contribution < 1.29 is 28.4 Å². The Morgan fingerprint density at radius 2 is 1.31 bits per heavy atom. The summed E-state index contributed by atoms with van der Waals surface area (Å²) in [6.45, 7) is 5.27. The van der Waals surface area contributed by atoms with E-state index in [0.717, 1.165) is 16.7 Å². The van der Waals surface area contributed by atoms with Crippen LogP contribution in [0.25, 0.3) is 0 Å². The van der Waals surface area contributed by atoms with Gasteiger partial charge in [0.05, 0.1) is 26.4 Å². The predicted molar refractivity (Wildman–Crippen MR) is 135 cm³/mol. The second kappa shape index (κ2) is 12.4. The van der Waals surface area contributed by atoms with Crippen LogP contribution in [-0.4, -0.2) is 43.9 Å². The molecule has 0 aliphatic carbocycles. The van der Waals surface area contributed by atoms with Gasteiger partial charge in [-0.15, -0.1) is 6.58 Å². The molecular formula is C30H32O6. The van der Waals surface area contributed by atoms with Crippen molar-refractivity contribution >= 4 is 0 Å². The van der Waals surface area contributed by atoms with Crippen molar-refractivity contribution in [2.75, 3.05) is 13.2 Å². The predicted octanol–water partition coefficient (Wildman–Crippen LogP) is 5.20. The molecule has 0 aromatic heterocycles. The third-order valence-corrected chi connectivity index (χ3v) is 6.30. The quantitative estimate of drug-likeness (QED) is 0.366. The lowest BCUT2D eigenvalue weighted by Crippen LogP contribution is -2.63. The summed E-state index contributed by atoms with van der Waals surface area (Å²) in [7, 11) is 0. The largest absolute Gasteiger partial charge is 0.368 e. The molecule has 0 radical (unpaired) electrons. The smallest absolute Gasteiger partial charge is 0.187 e. The van der Waals surface area contributed by atoms with E-state index in [1.807, 2.05) is 91.0 Å². The summed E-state index contributed by atoms with van der Waals surface area (Å²) in [5.41, 5.74) is 3.07. The molecule has 3 aromatic carbocycles. The van der Waals surface area contributed by atoms with Crippen LogP contribution in [0.15, 0.2) is 104 Å². The molecule has 5 rings (SSSR count). The van der Waals surface area contributed by atoms with Crippen LogP contribution in [0.5, 0.6) is 0 Å². The Morgan fingerprint density at radius 3 is 1.92 bits per heavy atom. The molecule has 2 saturated heterocycles. The molecular weight excluding hydrogens is 456 g/mol. The summed E-state index contributed by atoms with van der Waals surface area (Å²) >= 11 is 0. The minimum Gasteiger partial charge on any atom is -0.368 e. The molecule has 6 heteroatoms.